The van der Waals surface area contributed by atoms with Crippen molar-refractivity contribution >= 4 is 35.3 Å². The van der Waals surface area contributed by atoms with Gasteiger partial charge in [-0.1, -0.05) is 124 Å². The first-order chi connectivity index (χ1) is 27.1. The van der Waals surface area contributed by atoms with Crippen LogP contribution in [0.4, 0.5) is 5.69 Å². The molecule has 0 radical (unpaired) electrons. The van der Waals surface area contributed by atoms with Crippen molar-refractivity contribution in [1.29, 1.82) is 0 Å². The molecule has 0 spiro atoms. The molecule has 2 heterocycles. The summed E-state index contributed by atoms with van der Waals surface area (Å²) in [5.74, 6) is 1.50. The average Bonchev–Trinajstić information content (AvgIpc) is 3.85. The molecule has 0 amide bonds. The number of aromatic nitrogens is 1. The summed E-state index contributed by atoms with van der Waals surface area (Å²) in [5, 5.41) is 8.45. The van der Waals surface area contributed by atoms with Gasteiger partial charge in [0.1, 0.15) is 12.4 Å². The van der Waals surface area contributed by atoms with Gasteiger partial charge >= 0.3 is 0 Å². The standard InChI is InChI=1S/C48H60N4O3Si/c1-47(2,3)56(40-15-9-7-10-16-40,41-17-11-8-12-18-41)54-36-48(29-13-14-30-48)35-52-31-27-37(28-32-52)21-25-44-42-24-26-45(43(33-51(5)6)46(42)55-50-44)53-34-38-19-22-39(49-4)23-20-38/h7-12,15-20,22-24,26,37H,13-14,21,25,27-36H2,1-3,5-6H3. The van der Waals surface area contributed by atoms with Crippen molar-refractivity contribution in [2.45, 2.75) is 90.3 Å². The van der Waals surface area contributed by atoms with Crippen molar-refractivity contribution in [3.8, 4) is 5.75 Å². The molecule has 7 nitrogen and oxygen atoms in total. The molecule has 5 aromatic rings. The minimum Gasteiger partial charge on any atom is -0.488 e. The number of nitrogens with zero attached hydrogens (tertiary/aromatic N) is 4. The number of piperidine rings is 1. The van der Waals surface area contributed by atoms with Gasteiger partial charge in [-0.25, -0.2) is 4.85 Å². The molecule has 1 aliphatic carbocycles. The lowest BCUT2D eigenvalue weighted by Gasteiger charge is -2.46. The number of rotatable bonds is 15. The van der Waals surface area contributed by atoms with Crippen LogP contribution in [0.15, 0.2) is 102 Å². The summed E-state index contributed by atoms with van der Waals surface area (Å²) in [6.07, 6.45) is 9.60. The van der Waals surface area contributed by atoms with E-state index in [0.29, 0.717) is 24.8 Å². The lowest BCUT2D eigenvalue weighted by atomic mass is 9.84. The topological polar surface area (TPSA) is 55.3 Å². The maximum Gasteiger partial charge on any atom is 0.261 e. The lowest BCUT2D eigenvalue weighted by Crippen LogP contribution is -2.67. The Hall–Kier alpha value is -4.26. The highest BCUT2D eigenvalue weighted by atomic mass is 28.4. The zero-order valence-electron chi connectivity index (χ0n) is 34.2. The number of fused-ring (bicyclic) bond motifs is 1. The molecule has 8 heteroatoms. The van der Waals surface area contributed by atoms with Crippen molar-refractivity contribution in [2.75, 3.05) is 40.3 Å². The quantitative estimate of drug-likeness (QED) is 0.0781. The molecule has 1 saturated carbocycles. The summed E-state index contributed by atoms with van der Waals surface area (Å²) in [6.45, 7) is 19.8. The Morgan fingerprint density at radius 3 is 2.12 bits per heavy atom. The second kappa shape index (κ2) is 17.5. The van der Waals surface area contributed by atoms with Crippen LogP contribution in [0.2, 0.25) is 5.04 Å². The van der Waals surface area contributed by atoms with Gasteiger partial charge in [-0.05, 0) is 105 Å². The molecule has 0 bridgehead atoms. The van der Waals surface area contributed by atoms with Gasteiger partial charge in [-0.3, -0.25) is 0 Å². The van der Waals surface area contributed by atoms with E-state index in [1.165, 1.54) is 48.9 Å². The van der Waals surface area contributed by atoms with Gasteiger partial charge in [-0.2, -0.15) is 0 Å². The fourth-order valence-corrected chi connectivity index (χ4v) is 14.1. The molecule has 0 N–H and O–H groups in total. The lowest BCUT2D eigenvalue weighted by molar-refractivity contribution is 0.0657. The van der Waals surface area contributed by atoms with Crippen LogP contribution in [0.3, 0.4) is 0 Å². The van der Waals surface area contributed by atoms with E-state index in [2.05, 4.69) is 127 Å². The number of hydrogen-bond acceptors (Lipinski definition) is 6. The second-order valence-corrected chi connectivity index (χ2v) is 22.1. The molecular formula is C48H60N4O3Si. The molecular weight excluding hydrogens is 709 g/mol. The van der Waals surface area contributed by atoms with Crippen molar-refractivity contribution < 1.29 is 13.7 Å². The van der Waals surface area contributed by atoms with Gasteiger partial charge in [0.25, 0.3) is 8.32 Å². The SMILES string of the molecule is [C-]#[N+]c1ccc(COc2ccc3c(CCC4CCN(CC5(CO[Si](c6ccccc6)(c6ccccc6)C(C)(C)C)CCCC5)CC4)noc3c2CN(C)C)cc1. The Balaban J connectivity index is 0.983. The van der Waals surface area contributed by atoms with Gasteiger partial charge in [0, 0.05) is 30.5 Å². The van der Waals surface area contributed by atoms with Crippen molar-refractivity contribution in [3.63, 3.8) is 0 Å². The predicted octanol–water partition coefficient (Wildman–Crippen LogP) is 9.80. The molecule has 1 saturated heterocycles. The van der Waals surface area contributed by atoms with E-state index in [1.807, 2.05) is 24.3 Å². The zero-order valence-corrected chi connectivity index (χ0v) is 35.2. The van der Waals surface area contributed by atoms with Crippen molar-refractivity contribution in [3.05, 3.63) is 125 Å². The molecule has 7 rings (SSSR count). The fourth-order valence-electron chi connectivity index (χ4n) is 9.44. The van der Waals surface area contributed by atoms with Gasteiger partial charge in [0.05, 0.1) is 17.8 Å². The Kier molecular flexibility index (Phi) is 12.5. The van der Waals surface area contributed by atoms with Crippen LogP contribution in [-0.2, 0) is 24.0 Å². The van der Waals surface area contributed by atoms with Gasteiger partial charge in [0.2, 0.25) is 0 Å². The third kappa shape index (κ3) is 8.82. The molecule has 1 aliphatic heterocycles. The largest absolute Gasteiger partial charge is 0.488 e. The summed E-state index contributed by atoms with van der Waals surface area (Å²) in [4.78, 5) is 8.40. The Bertz CT molecular complexity index is 2010. The summed E-state index contributed by atoms with van der Waals surface area (Å²) in [7, 11) is 1.54. The Morgan fingerprint density at radius 1 is 0.893 bits per heavy atom. The van der Waals surface area contributed by atoms with E-state index < -0.39 is 8.32 Å². The van der Waals surface area contributed by atoms with Crippen molar-refractivity contribution in [1.82, 2.24) is 15.0 Å². The number of ether oxygens (including phenoxy) is 1. The van der Waals surface area contributed by atoms with Crippen LogP contribution < -0.4 is 15.1 Å². The van der Waals surface area contributed by atoms with E-state index in [4.69, 9.17) is 20.3 Å². The van der Waals surface area contributed by atoms with E-state index in [-0.39, 0.29) is 10.5 Å². The third-order valence-corrected chi connectivity index (χ3v) is 17.4. The highest BCUT2D eigenvalue weighted by molar-refractivity contribution is 6.99. The summed E-state index contributed by atoms with van der Waals surface area (Å²) < 4.78 is 20.0. The first-order valence-corrected chi connectivity index (χ1v) is 22.6. The van der Waals surface area contributed by atoms with E-state index >= 15 is 0 Å². The predicted molar refractivity (Wildman–Crippen MR) is 230 cm³/mol. The van der Waals surface area contributed by atoms with Crippen LogP contribution in [0, 0.1) is 17.9 Å². The fraction of sp³-hybridized carbons (Fsp3) is 0.458. The molecule has 294 valence electrons. The van der Waals surface area contributed by atoms with E-state index in [0.717, 1.165) is 72.6 Å². The molecule has 56 heavy (non-hydrogen) atoms. The third-order valence-electron chi connectivity index (χ3n) is 12.4. The molecule has 2 aliphatic rings. The second-order valence-electron chi connectivity index (χ2n) is 17.8. The monoisotopic (exact) mass is 768 g/mol. The highest BCUT2D eigenvalue weighted by Crippen LogP contribution is 2.44. The summed E-state index contributed by atoms with van der Waals surface area (Å²) in [6, 6.07) is 34.0. The average molecular weight is 769 g/mol. The van der Waals surface area contributed by atoms with Crippen LogP contribution >= 0.6 is 0 Å². The van der Waals surface area contributed by atoms with Gasteiger partial charge in [-0.15, -0.1) is 0 Å². The molecule has 0 unspecified atom stereocenters. The van der Waals surface area contributed by atoms with E-state index in [1.54, 1.807) is 0 Å². The van der Waals surface area contributed by atoms with Crippen molar-refractivity contribution in [2.24, 2.45) is 11.3 Å². The van der Waals surface area contributed by atoms with Gasteiger partial charge < -0.3 is 23.5 Å². The minimum atomic E-state index is -2.58. The molecule has 2 fully saturated rings. The smallest absolute Gasteiger partial charge is 0.261 e. The summed E-state index contributed by atoms with van der Waals surface area (Å²) >= 11 is 0. The number of aryl methyl sites for hydroxylation is 1. The van der Waals surface area contributed by atoms with Crippen LogP contribution in [-0.4, -0.2) is 63.6 Å². The number of likely N-dealkylation sites (tertiary alicyclic amines) is 1. The molecule has 1 aromatic heterocycles. The number of hydrogen-bond donors (Lipinski definition) is 0. The normalized spacial score (nSPS) is 16.7. The van der Waals surface area contributed by atoms with E-state index in [9.17, 15) is 0 Å². The van der Waals surface area contributed by atoms with Crippen LogP contribution in [0.1, 0.15) is 82.5 Å². The molecule has 0 atom stereocenters. The minimum absolute atomic E-state index is 0.0130. The van der Waals surface area contributed by atoms with Crippen LogP contribution in [0.25, 0.3) is 15.8 Å². The first kappa shape index (κ1) is 40.0. The Morgan fingerprint density at radius 2 is 1.54 bits per heavy atom. The number of benzene rings is 4. The highest BCUT2D eigenvalue weighted by Gasteiger charge is 2.52. The maximum atomic E-state index is 7.59. The molecule has 4 aromatic carbocycles. The van der Waals surface area contributed by atoms with Crippen LogP contribution in [0.5, 0.6) is 5.75 Å². The maximum absolute atomic E-state index is 7.59. The van der Waals surface area contributed by atoms with Gasteiger partial charge in [0.15, 0.2) is 11.3 Å². The zero-order chi connectivity index (χ0) is 39.2. The summed E-state index contributed by atoms with van der Waals surface area (Å²) in [5.41, 5.74) is 4.77. The first-order valence-electron chi connectivity index (χ1n) is 20.7. The Labute approximate surface area is 335 Å².